The number of thioether (sulfide) groups is 1. The number of carbonyl (C=O) groups is 1. The zero-order chi connectivity index (χ0) is 24.5. The van der Waals surface area contributed by atoms with Crippen LogP contribution in [0.25, 0.3) is 17.0 Å². The smallest absolute Gasteiger partial charge is 0.283 e. The summed E-state index contributed by atoms with van der Waals surface area (Å²) in [6, 6.07) is 17.7. The lowest BCUT2D eigenvalue weighted by Gasteiger charge is -2.26. The molecule has 6 rings (SSSR count). The predicted octanol–water partition coefficient (Wildman–Crippen LogP) is 3.63. The van der Waals surface area contributed by atoms with Crippen molar-refractivity contribution in [2.75, 3.05) is 32.9 Å². The maximum atomic E-state index is 13.0. The zero-order valence-electron chi connectivity index (χ0n) is 19.5. The molecule has 3 aliphatic rings. The average molecular weight is 501 g/mol. The van der Waals surface area contributed by atoms with E-state index in [1.54, 1.807) is 6.08 Å². The van der Waals surface area contributed by atoms with Crippen molar-refractivity contribution >= 4 is 50.8 Å². The molecule has 1 amide bonds. The van der Waals surface area contributed by atoms with E-state index in [0.717, 1.165) is 40.5 Å². The van der Waals surface area contributed by atoms with Crippen LogP contribution in [0.2, 0.25) is 0 Å². The molecule has 0 atom stereocenters. The van der Waals surface area contributed by atoms with E-state index in [2.05, 4.69) is 19.6 Å². The van der Waals surface area contributed by atoms with E-state index in [4.69, 9.17) is 14.9 Å². The Labute approximate surface area is 212 Å². The Hall–Kier alpha value is -3.89. The standard InChI is InChI=1S/C26H24N6O3S/c27-23-21(24(33)28-25-32(23)29-26(36-25)30-10-13-34-14-11-30)16-18-17-31(22-9-5-4-8-20(18)22)12-15-35-19-6-2-1-3-7-19/h1-9,16-17,27H,10-15H2/b21-16+,27-23?. The lowest BCUT2D eigenvalue weighted by molar-refractivity contribution is -0.114. The van der Waals surface area contributed by atoms with Crippen LogP contribution >= 0.6 is 11.8 Å². The van der Waals surface area contributed by atoms with Crippen LogP contribution in [0.4, 0.5) is 0 Å². The van der Waals surface area contributed by atoms with Gasteiger partial charge in [0.2, 0.25) is 5.17 Å². The SMILES string of the molecule is N=C1/C(=C\c2cn(CCOc3ccccc3)c3ccccc23)C(=O)N=C2SC(N3CCOCC3)=NN12. The highest BCUT2D eigenvalue weighted by Crippen LogP contribution is 2.31. The molecule has 0 aliphatic carbocycles. The Kier molecular flexibility index (Phi) is 6.04. The van der Waals surface area contributed by atoms with E-state index in [0.29, 0.717) is 31.5 Å². The van der Waals surface area contributed by atoms with Gasteiger partial charge in [0.1, 0.15) is 12.4 Å². The second-order valence-electron chi connectivity index (χ2n) is 8.46. The van der Waals surface area contributed by atoms with Crippen molar-refractivity contribution in [1.29, 1.82) is 5.41 Å². The summed E-state index contributed by atoms with van der Waals surface area (Å²) in [7, 11) is 0. The Morgan fingerprint density at radius 3 is 2.67 bits per heavy atom. The predicted molar refractivity (Wildman–Crippen MR) is 141 cm³/mol. The number of amides is 1. The molecule has 36 heavy (non-hydrogen) atoms. The van der Waals surface area contributed by atoms with Crippen LogP contribution in [0, 0.1) is 5.41 Å². The third-order valence-corrected chi connectivity index (χ3v) is 7.16. The molecular formula is C26H24N6O3S. The highest BCUT2D eigenvalue weighted by atomic mass is 32.2. The maximum absolute atomic E-state index is 13.0. The molecule has 2 aromatic carbocycles. The first-order valence-corrected chi connectivity index (χ1v) is 12.6. The summed E-state index contributed by atoms with van der Waals surface area (Å²) < 4.78 is 13.4. The molecule has 0 spiro atoms. The fourth-order valence-electron chi connectivity index (χ4n) is 4.37. The molecule has 9 nitrogen and oxygen atoms in total. The molecule has 1 N–H and O–H groups in total. The van der Waals surface area contributed by atoms with Crippen LogP contribution in [0.15, 0.2) is 76.5 Å². The molecule has 1 saturated heterocycles. The number of para-hydroxylation sites is 2. The first-order valence-electron chi connectivity index (χ1n) is 11.8. The van der Waals surface area contributed by atoms with Crippen molar-refractivity contribution < 1.29 is 14.3 Å². The molecule has 3 aliphatic heterocycles. The number of rotatable bonds is 5. The van der Waals surface area contributed by atoms with Gasteiger partial charge in [-0.3, -0.25) is 10.2 Å². The number of aromatic nitrogens is 1. The molecule has 1 aromatic heterocycles. The minimum Gasteiger partial charge on any atom is -0.492 e. The molecule has 0 unspecified atom stereocenters. The molecule has 10 heteroatoms. The average Bonchev–Trinajstić information content (AvgIpc) is 3.50. The number of benzene rings is 2. The number of fused-ring (bicyclic) bond motifs is 2. The summed E-state index contributed by atoms with van der Waals surface area (Å²) in [5, 5.41) is 16.9. The quantitative estimate of drug-likeness (QED) is 0.538. The van der Waals surface area contributed by atoms with Gasteiger partial charge in [0.05, 0.1) is 25.3 Å². The molecule has 182 valence electrons. The lowest BCUT2D eigenvalue weighted by Crippen LogP contribution is -2.39. The number of hydrogen-bond acceptors (Lipinski definition) is 7. The first-order chi connectivity index (χ1) is 17.7. The van der Waals surface area contributed by atoms with Crippen molar-refractivity contribution in [2.24, 2.45) is 10.1 Å². The summed E-state index contributed by atoms with van der Waals surface area (Å²) in [5.74, 6) is 0.429. The van der Waals surface area contributed by atoms with Gasteiger partial charge >= 0.3 is 0 Å². The fraction of sp³-hybridized carbons (Fsp3) is 0.231. The molecule has 0 saturated carbocycles. The molecule has 0 radical (unpaired) electrons. The number of nitrogens with zero attached hydrogens (tertiary/aromatic N) is 5. The molecule has 4 heterocycles. The van der Waals surface area contributed by atoms with Crippen molar-refractivity contribution in [1.82, 2.24) is 14.5 Å². The van der Waals surface area contributed by atoms with Gasteiger partial charge in [-0.05, 0) is 36.0 Å². The van der Waals surface area contributed by atoms with E-state index in [1.807, 2.05) is 60.8 Å². The topological polar surface area (TPSA) is 95.5 Å². The third-order valence-electron chi connectivity index (χ3n) is 6.19. The second kappa shape index (κ2) is 9.63. The van der Waals surface area contributed by atoms with Gasteiger partial charge in [-0.15, -0.1) is 5.10 Å². The molecular weight excluding hydrogens is 476 g/mol. The second-order valence-corrected chi connectivity index (χ2v) is 9.39. The Morgan fingerprint density at radius 1 is 1.06 bits per heavy atom. The summed E-state index contributed by atoms with van der Waals surface area (Å²) >= 11 is 1.32. The number of hydrazone groups is 1. The monoisotopic (exact) mass is 500 g/mol. The molecule has 1 fully saturated rings. The molecule has 3 aromatic rings. The van der Waals surface area contributed by atoms with Crippen LogP contribution in [0.1, 0.15) is 5.56 Å². The first kappa shape index (κ1) is 22.6. The largest absolute Gasteiger partial charge is 0.492 e. The van der Waals surface area contributed by atoms with Gasteiger partial charge < -0.3 is 18.9 Å². The van der Waals surface area contributed by atoms with Crippen LogP contribution in [-0.4, -0.2) is 69.5 Å². The van der Waals surface area contributed by atoms with E-state index < -0.39 is 5.91 Å². The van der Waals surface area contributed by atoms with Crippen molar-refractivity contribution in [3.63, 3.8) is 0 Å². The van der Waals surface area contributed by atoms with E-state index >= 15 is 0 Å². The van der Waals surface area contributed by atoms with E-state index in [1.165, 1.54) is 16.8 Å². The number of morpholine rings is 1. The minimum atomic E-state index is -0.429. The number of hydrogen-bond donors (Lipinski definition) is 1. The van der Waals surface area contributed by atoms with Gasteiger partial charge in [0.15, 0.2) is 11.0 Å². The Morgan fingerprint density at radius 2 is 1.83 bits per heavy atom. The number of aliphatic imine (C=N–C) groups is 1. The van der Waals surface area contributed by atoms with Crippen LogP contribution in [0.3, 0.4) is 0 Å². The van der Waals surface area contributed by atoms with Gasteiger partial charge in [-0.2, -0.15) is 10.0 Å². The number of carbonyl (C=O) groups excluding carboxylic acids is 1. The van der Waals surface area contributed by atoms with Gasteiger partial charge in [0.25, 0.3) is 5.91 Å². The Bertz CT molecular complexity index is 1420. The van der Waals surface area contributed by atoms with Crippen LogP contribution < -0.4 is 4.74 Å². The fourth-order valence-corrected chi connectivity index (χ4v) is 5.32. The third kappa shape index (κ3) is 4.29. The summed E-state index contributed by atoms with van der Waals surface area (Å²) in [4.78, 5) is 19.3. The van der Waals surface area contributed by atoms with Gasteiger partial charge in [-0.25, -0.2) is 0 Å². The summed E-state index contributed by atoms with van der Waals surface area (Å²) in [6.07, 6.45) is 3.74. The van der Waals surface area contributed by atoms with Crippen LogP contribution in [0.5, 0.6) is 5.75 Å². The maximum Gasteiger partial charge on any atom is 0.283 e. The zero-order valence-corrected chi connectivity index (χ0v) is 20.3. The van der Waals surface area contributed by atoms with E-state index in [9.17, 15) is 4.79 Å². The van der Waals surface area contributed by atoms with Crippen molar-refractivity contribution in [2.45, 2.75) is 6.54 Å². The van der Waals surface area contributed by atoms with Crippen LogP contribution in [-0.2, 0) is 16.1 Å². The lowest BCUT2D eigenvalue weighted by atomic mass is 10.1. The number of ether oxygens (including phenoxy) is 2. The summed E-state index contributed by atoms with van der Waals surface area (Å²) in [6.45, 7) is 3.87. The molecule has 0 bridgehead atoms. The van der Waals surface area contributed by atoms with Gasteiger partial charge in [-0.1, -0.05) is 36.4 Å². The highest BCUT2D eigenvalue weighted by molar-refractivity contribution is 8.26. The van der Waals surface area contributed by atoms with Crippen molar-refractivity contribution in [3.05, 3.63) is 71.9 Å². The number of amidine groups is 3. The summed E-state index contributed by atoms with van der Waals surface area (Å²) in [5.41, 5.74) is 2.10. The highest BCUT2D eigenvalue weighted by Gasteiger charge is 2.37. The van der Waals surface area contributed by atoms with E-state index in [-0.39, 0.29) is 11.4 Å². The normalized spacial score (nSPS) is 19.1. The minimum absolute atomic E-state index is 0.0324. The Balaban J connectivity index is 1.26. The van der Waals surface area contributed by atoms with Crippen molar-refractivity contribution in [3.8, 4) is 5.75 Å². The van der Waals surface area contributed by atoms with Gasteiger partial charge in [0, 0.05) is 35.8 Å². The number of nitrogens with one attached hydrogen (secondary N) is 1.